The summed E-state index contributed by atoms with van der Waals surface area (Å²) in [5.74, 6) is -3.13. The number of nitrogens with one attached hydrogen (secondary N) is 2. The molecular weight excluding hydrogens is 474 g/mol. The average Bonchev–Trinajstić information content (AvgIpc) is 2.60. The Labute approximate surface area is 174 Å². The van der Waals surface area contributed by atoms with Crippen molar-refractivity contribution in [2.45, 2.75) is 24.3 Å². The molecule has 0 aliphatic carbocycles. The van der Waals surface area contributed by atoms with E-state index in [4.69, 9.17) is 4.74 Å². The van der Waals surface area contributed by atoms with Gasteiger partial charge in [-0.1, -0.05) is 6.07 Å². The first-order valence-electron chi connectivity index (χ1n) is 8.14. The van der Waals surface area contributed by atoms with Crippen LogP contribution in [0.4, 0.5) is 8.78 Å². The first-order chi connectivity index (χ1) is 13.5. The van der Waals surface area contributed by atoms with Gasteiger partial charge >= 0.3 is 0 Å². The number of methoxy groups -OCH3 is 1. The van der Waals surface area contributed by atoms with E-state index >= 15 is 0 Å². The van der Waals surface area contributed by atoms with Crippen molar-refractivity contribution in [3.8, 4) is 5.75 Å². The van der Waals surface area contributed by atoms with Crippen LogP contribution in [-0.2, 0) is 19.6 Å². The minimum atomic E-state index is -4.25. The number of amides is 2. The normalized spacial score (nSPS) is 12.2. The molecule has 0 heterocycles. The van der Waals surface area contributed by atoms with Crippen molar-refractivity contribution in [3.05, 3.63) is 58.1 Å². The highest BCUT2D eigenvalue weighted by Gasteiger charge is 2.25. The van der Waals surface area contributed by atoms with Crippen molar-refractivity contribution in [1.29, 1.82) is 0 Å². The lowest BCUT2D eigenvalue weighted by Crippen LogP contribution is -2.36. The lowest BCUT2D eigenvalue weighted by atomic mass is 10.0. The van der Waals surface area contributed by atoms with Gasteiger partial charge in [0.15, 0.2) is 0 Å². The van der Waals surface area contributed by atoms with Crippen molar-refractivity contribution < 1.29 is 31.5 Å². The maximum absolute atomic E-state index is 14.1. The van der Waals surface area contributed by atoms with Gasteiger partial charge in [-0.05, 0) is 34.1 Å². The van der Waals surface area contributed by atoms with Crippen molar-refractivity contribution >= 4 is 37.8 Å². The Morgan fingerprint density at radius 3 is 2.45 bits per heavy atom. The Morgan fingerprint density at radius 2 is 1.86 bits per heavy atom. The van der Waals surface area contributed by atoms with Crippen molar-refractivity contribution in [1.82, 2.24) is 10.0 Å². The number of hydrogen-bond donors (Lipinski definition) is 2. The van der Waals surface area contributed by atoms with Gasteiger partial charge in [0.25, 0.3) is 10.0 Å². The van der Waals surface area contributed by atoms with E-state index in [0.717, 1.165) is 19.1 Å². The minimum absolute atomic E-state index is 0.153. The molecule has 0 spiro atoms. The predicted octanol–water partition coefficient (Wildman–Crippen LogP) is 2.81. The van der Waals surface area contributed by atoms with Crippen LogP contribution in [0.15, 0.2) is 45.8 Å². The lowest BCUT2D eigenvalue weighted by molar-refractivity contribution is -0.121. The summed E-state index contributed by atoms with van der Waals surface area (Å²) >= 11 is 3.19. The third kappa shape index (κ3) is 5.97. The number of benzene rings is 2. The molecule has 2 rings (SSSR count). The highest BCUT2D eigenvalue weighted by Crippen LogP contribution is 2.28. The van der Waals surface area contributed by atoms with E-state index in [1.54, 1.807) is 0 Å². The summed E-state index contributed by atoms with van der Waals surface area (Å²) in [6.45, 7) is 1.15. The maximum atomic E-state index is 14.1. The van der Waals surface area contributed by atoms with E-state index in [1.807, 2.05) is 4.72 Å². The molecule has 0 radical (unpaired) electrons. The zero-order chi connectivity index (χ0) is 21.8. The Balaban J connectivity index is 2.24. The van der Waals surface area contributed by atoms with Gasteiger partial charge in [-0.25, -0.2) is 21.9 Å². The molecule has 1 atom stereocenters. The molecule has 7 nitrogen and oxygen atoms in total. The van der Waals surface area contributed by atoms with Crippen molar-refractivity contribution in [2.75, 3.05) is 7.11 Å². The van der Waals surface area contributed by atoms with Gasteiger partial charge in [0.2, 0.25) is 11.8 Å². The van der Waals surface area contributed by atoms with Crippen LogP contribution in [-0.4, -0.2) is 27.3 Å². The summed E-state index contributed by atoms with van der Waals surface area (Å²) in [6, 6.07) is 5.36. The summed E-state index contributed by atoms with van der Waals surface area (Å²) in [5, 5.41) is 2.36. The Hall–Kier alpha value is -2.53. The fraction of sp³-hybridized carbons (Fsp3) is 0.222. The number of rotatable bonds is 7. The Bertz CT molecular complexity index is 1050. The second-order valence-corrected chi connectivity index (χ2v) is 8.48. The molecule has 2 aromatic carbocycles. The fourth-order valence-corrected chi connectivity index (χ4v) is 3.93. The van der Waals surface area contributed by atoms with E-state index in [2.05, 4.69) is 21.2 Å². The van der Waals surface area contributed by atoms with Crippen LogP contribution in [0.5, 0.6) is 5.75 Å². The van der Waals surface area contributed by atoms with Crippen LogP contribution >= 0.6 is 15.9 Å². The molecule has 0 aliphatic heterocycles. The molecule has 11 heteroatoms. The Kier molecular flexibility index (Phi) is 7.31. The van der Waals surface area contributed by atoms with Crippen LogP contribution in [0, 0.1) is 11.6 Å². The topological polar surface area (TPSA) is 102 Å². The van der Waals surface area contributed by atoms with Crippen molar-refractivity contribution in [3.63, 3.8) is 0 Å². The predicted molar refractivity (Wildman–Crippen MR) is 104 cm³/mol. The molecule has 0 aliphatic rings. The fourth-order valence-electron chi connectivity index (χ4n) is 2.51. The summed E-state index contributed by atoms with van der Waals surface area (Å²) in [4.78, 5) is 23.5. The highest BCUT2D eigenvalue weighted by atomic mass is 79.9. The standard InChI is InChI=1S/C18H17BrF2N2O5S/c1-10(24)22-16(13-5-3-11(20)7-15(13)21)9-18(25)23-29(26,27)12-4-6-14(19)17(8-12)28-2/h3-8,16H,9H2,1-2H3,(H,22,24)(H,23,25). The van der Waals surface area contributed by atoms with Gasteiger partial charge in [0.1, 0.15) is 17.4 Å². The summed E-state index contributed by atoms with van der Waals surface area (Å²) in [7, 11) is -2.90. The molecule has 2 aromatic rings. The second kappa shape index (κ2) is 9.31. The van der Waals surface area contributed by atoms with Crippen LogP contribution in [0.1, 0.15) is 24.9 Å². The molecule has 29 heavy (non-hydrogen) atoms. The van der Waals surface area contributed by atoms with Gasteiger partial charge < -0.3 is 10.1 Å². The Morgan fingerprint density at radius 1 is 1.17 bits per heavy atom. The van der Waals surface area contributed by atoms with Crippen molar-refractivity contribution in [2.24, 2.45) is 0 Å². The monoisotopic (exact) mass is 490 g/mol. The summed E-state index contributed by atoms with van der Waals surface area (Å²) < 4.78 is 59.5. The molecule has 0 fully saturated rings. The molecule has 2 amide bonds. The third-order valence-electron chi connectivity index (χ3n) is 3.79. The van der Waals surface area contributed by atoms with E-state index in [9.17, 15) is 26.8 Å². The van der Waals surface area contributed by atoms with E-state index in [1.165, 1.54) is 25.3 Å². The maximum Gasteiger partial charge on any atom is 0.264 e. The average molecular weight is 491 g/mol. The second-order valence-electron chi connectivity index (χ2n) is 5.95. The third-order valence-corrected chi connectivity index (χ3v) is 5.81. The molecule has 156 valence electrons. The zero-order valence-corrected chi connectivity index (χ0v) is 17.7. The number of ether oxygens (including phenoxy) is 1. The quantitative estimate of drug-likeness (QED) is 0.621. The van der Waals surface area contributed by atoms with E-state index in [-0.39, 0.29) is 16.2 Å². The summed E-state index contributed by atoms with van der Waals surface area (Å²) in [5.41, 5.74) is -0.153. The molecule has 0 aromatic heterocycles. The lowest BCUT2D eigenvalue weighted by Gasteiger charge is -2.19. The molecule has 2 N–H and O–H groups in total. The van der Waals surface area contributed by atoms with Crippen LogP contribution < -0.4 is 14.8 Å². The SMILES string of the molecule is COc1cc(S(=O)(=O)NC(=O)CC(NC(C)=O)c2ccc(F)cc2F)ccc1Br. The van der Waals surface area contributed by atoms with Crippen LogP contribution in [0.25, 0.3) is 0 Å². The summed E-state index contributed by atoms with van der Waals surface area (Å²) in [6.07, 6.45) is -0.588. The highest BCUT2D eigenvalue weighted by molar-refractivity contribution is 9.10. The first kappa shape index (κ1) is 22.8. The minimum Gasteiger partial charge on any atom is -0.496 e. The molecule has 1 unspecified atom stereocenters. The van der Waals surface area contributed by atoms with Crippen LogP contribution in [0.3, 0.4) is 0 Å². The van der Waals surface area contributed by atoms with E-state index < -0.39 is 45.9 Å². The largest absolute Gasteiger partial charge is 0.496 e. The smallest absolute Gasteiger partial charge is 0.264 e. The number of halogens is 3. The molecule has 0 saturated carbocycles. The van der Waals surface area contributed by atoms with Gasteiger partial charge in [0.05, 0.1) is 28.9 Å². The molecule has 0 saturated heterocycles. The number of sulfonamides is 1. The molecular formula is C18H17BrF2N2O5S. The van der Waals surface area contributed by atoms with Crippen LogP contribution in [0.2, 0.25) is 0 Å². The van der Waals surface area contributed by atoms with Gasteiger partial charge in [-0.15, -0.1) is 0 Å². The van der Waals surface area contributed by atoms with Gasteiger partial charge in [-0.3, -0.25) is 9.59 Å². The van der Waals surface area contributed by atoms with Gasteiger partial charge in [0, 0.05) is 24.6 Å². The number of hydrogen-bond acceptors (Lipinski definition) is 5. The first-order valence-corrected chi connectivity index (χ1v) is 10.4. The number of carbonyl (C=O) groups excluding carboxylic acids is 2. The number of carbonyl (C=O) groups is 2. The molecule has 0 bridgehead atoms. The van der Waals surface area contributed by atoms with Gasteiger partial charge in [-0.2, -0.15) is 0 Å². The van der Waals surface area contributed by atoms with E-state index in [0.29, 0.717) is 10.5 Å². The zero-order valence-electron chi connectivity index (χ0n) is 15.3.